The van der Waals surface area contributed by atoms with Crippen LogP contribution in [0.2, 0.25) is 0 Å². The molecule has 0 saturated carbocycles. The second kappa shape index (κ2) is 5.36. The third-order valence-electron chi connectivity index (χ3n) is 3.57. The first-order valence-electron chi connectivity index (χ1n) is 6.50. The molecule has 0 radical (unpaired) electrons. The third-order valence-corrected chi connectivity index (χ3v) is 3.57. The molecule has 1 rings (SSSR count). The van der Waals surface area contributed by atoms with Crippen LogP contribution in [-0.4, -0.2) is 21.4 Å². The fourth-order valence-electron chi connectivity index (χ4n) is 2.16. The maximum atomic E-state index is 10.2. The minimum Gasteiger partial charge on any atom is -0.390 e. The highest BCUT2D eigenvalue weighted by Crippen LogP contribution is 2.27. The molecule has 0 spiro atoms. The molecule has 0 aromatic rings. The molecule has 0 aromatic heterocycles. The highest BCUT2D eigenvalue weighted by atomic mass is 16.3. The molecule has 0 bridgehead atoms. The summed E-state index contributed by atoms with van der Waals surface area (Å²) in [5.74, 6) is 0.0574. The van der Waals surface area contributed by atoms with Crippen LogP contribution in [-0.2, 0) is 0 Å². The molecule has 2 atom stereocenters. The molecule has 0 fully saturated rings. The van der Waals surface area contributed by atoms with Gasteiger partial charge in [0, 0.05) is 5.92 Å². The lowest BCUT2D eigenvalue weighted by Crippen LogP contribution is -2.30. The summed E-state index contributed by atoms with van der Waals surface area (Å²) < 4.78 is 0. The van der Waals surface area contributed by atoms with Gasteiger partial charge in [0.05, 0.1) is 11.2 Å². The predicted octanol–water partition coefficient (Wildman–Crippen LogP) is 3.20. The molecule has 98 valence electrons. The molecular weight excluding hydrogens is 212 g/mol. The van der Waals surface area contributed by atoms with Gasteiger partial charge >= 0.3 is 0 Å². The molecule has 0 aromatic carbocycles. The lowest BCUT2D eigenvalue weighted by atomic mass is 9.84. The zero-order valence-corrected chi connectivity index (χ0v) is 11.5. The Kier molecular flexibility index (Phi) is 4.56. The van der Waals surface area contributed by atoms with E-state index in [1.165, 1.54) is 5.57 Å². The van der Waals surface area contributed by atoms with Crippen molar-refractivity contribution in [3.05, 3.63) is 23.8 Å². The summed E-state index contributed by atoms with van der Waals surface area (Å²) in [6.07, 6.45) is 9.68. The molecule has 0 saturated heterocycles. The van der Waals surface area contributed by atoms with Gasteiger partial charge in [0.1, 0.15) is 0 Å². The molecular formula is C15H26O2. The largest absolute Gasteiger partial charge is 0.390 e. The standard InChI is InChI=1S/C15H26O2/c1-12-6-5-10-15(4,17)11-9-13(8-7-12)14(2,3)16/h7,9,11,13,16-17H,5-6,8,10H2,1-4H3/b11-9+,12-7+/t13-,15-/m0/s1. The van der Waals surface area contributed by atoms with Crippen molar-refractivity contribution in [2.45, 2.75) is 64.6 Å². The fraction of sp³-hybridized carbons (Fsp3) is 0.733. The molecule has 2 nitrogen and oxygen atoms in total. The van der Waals surface area contributed by atoms with Crippen molar-refractivity contribution >= 4 is 0 Å². The Morgan fingerprint density at radius 2 is 2.06 bits per heavy atom. The first-order chi connectivity index (χ1) is 7.71. The van der Waals surface area contributed by atoms with Gasteiger partial charge in [0.2, 0.25) is 0 Å². The van der Waals surface area contributed by atoms with E-state index in [1.807, 2.05) is 32.9 Å². The Hall–Kier alpha value is -0.600. The minimum atomic E-state index is -0.749. The van der Waals surface area contributed by atoms with Crippen molar-refractivity contribution in [1.82, 2.24) is 0 Å². The fourth-order valence-corrected chi connectivity index (χ4v) is 2.16. The zero-order chi connectivity index (χ0) is 13.1. The molecule has 0 amide bonds. The van der Waals surface area contributed by atoms with Crippen LogP contribution in [0.3, 0.4) is 0 Å². The Balaban J connectivity index is 2.91. The van der Waals surface area contributed by atoms with E-state index in [1.54, 1.807) is 0 Å². The maximum absolute atomic E-state index is 10.2. The summed E-state index contributed by atoms with van der Waals surface area (Å²) in [5.41, 5.74) is -0.144. The number of allylic oxidation sites excluding steroid dienone is 2. The van der Waals surface area contributed by atoms with Crippen LogP contribution in [0.4, 0.5) is 0 Å². The molecule has 2 N–H and O–H groups in total. The van der Waals surface area contributed by atoms with Crippen molar-refractivity contribution < 1.29 is 10.2 Å². The van der Waals surface area contributed by atoms with Crippen LogP contribution in [0.15, 0.2) is 23.8 Å². The number of aliphatic hydroxyl groups is 2. The lowest BCUT2D eigenvalue weighted by molar-refractivity contribution is 0.0362. The highest BCUT2D eigenvalue weighted by molar-refractivity contribution is 5.09. The topological polar surface area (TPSA) is 40.5 Å². The van der Waals surface area contributed by atoms with Gasteiger partial charge in [-0.2, -0.15) is 0 Å². The van der Waals surface area contributed by atoms with Crippen molar-refractivity contribution in [2.24, 2.45) is 5.92 Å². The van der Waals surface area contributed by atoms with E-state index in [0.717, 1.165) is 25.7 Å². The van der Waals surface area contributed by atoms with Gasteiger partial charge in [0.25, 0.3) is 0 Å². The number of hydrogen-bond donors (Lipinski definition) is 2. The van der Waals surface area contributed by atoms with Crippen molar-refractivity contribution in [3.8, 4) is 0 Å². The van der Waals surface area contributed by atoms with Gasteiger partial charge in [-0.05, 0) is 53.4 Å². The van der Waals surface area contributed by atoms with E-state index in [9.17, 15) is 10.2 Å². The predicted molar refractivity (Wildman–Crippen MR) is 71.8 cm³/mol. The Morgan fingerprint density at radius 3 is 2.65 bits per heavy atom. The summed E-state index contributed by atoms with van der Waals surface area (Å²) in [6, 6.07) is 0. The highest BCUT2D eigenvalue weighted by Gasteiger charge is 2.25. The van der Waals surface area contributed by atoms with Crippen LogP contribution in [0, 0.1) is 5.92 Å². The van der Waals surface area contributed by atoms with Gasteiger partial charge in [-0.25, -0.2) is 0 Å². The molecule has 0 aliphatic heterocycles. The Bertz CT molecular complexity index is 305. The summed E-state index contributed by atoms with van der Waals surface area (Å²) >= 11 is 0. The van der Waals surface area contributed by atoms with Crippen molar-refractivity contribution in [3.63, 3.8) is 0 Å². The van der Waals surface area contributed by atoms with Crippen LogP contribution >= 0.6 is 0 Å². The van der Waals surface area contributed by atoms with E-state index in [-0.39, 0.29) is 5.92 Å². The molecule has 1 aliphatic carbocycles. The normalized spacial score (nSPS) is 37.1. The van der Waals surface area contributed by atoms with Crippen LogP contribution in [0.1, 0.15) is 53.4 Å². The molecule has 1 aliphatic rings. The van der Waals surface area contributed by atoms with Crippen molar-refractivity contribution in [2.75, 3.05) is 0 Å². The summed E-state index contributed by atoms with van der Waals surface area (Å²) in [4.78, 5) is 0. The van der Waals surface area contributed by atoms with E-state index in [2.05, 4.69) is 13.0 Å². The first-order valence-corrected chi connectivity index (χ1v) is 6.50. The zero-order valence-electron chi connectivity index (χ0n) is 11.5. The Labute approximate surface area is 105 Å². The van der Waals surface area contributed by atoms with Gasteiger partial charge in [-0.1, -0.05) is 23.8 Å². The lowest BCUT2D eigenvalue weighted by Gasteiger charge is -2.28. The van der Waals surface area contributed by atoms with E-state index in [0.29, 0.717) is 0 Å². The second-order valence-electron chi connectivity index (χ2n) is 6.12. The van der Waals surface area contributed by atoms with Crippen LogP contribution in [0.25, 0.3) is 0 Å². The first kappa shape index (κ1) is 14.5. The van der Waals surface area contributed by atoms with E-state index >= 15 is 0 Å². The monoisotopic (exact) mass is 238 g/mol. The summed E-state index contributed by atoms with van der Waals surface area (Å²) in [6.45, 7) is 7.62. The summed E-state index contributed by atoms with van der Waals surface area (Å²) in [7, 11) is 0. The van der Waals surface area contributed by atoms with Crippen LogP contribution < -0.4 is 0 Å². The number of hydrogen-bond acceptors (Lipinski definition) is 2. The molecule has 0 unspecified atom stereocenters. The van der Waals surface area contributed by atoms with Gasteiger partial charge in [-0.15, -0.1) is 0 Å². The third kappa shape index (κ3) is 5.05. The van der Waals surface area contributed by atoms with Gasteiger partial charge in [0.15, 0.2) is 0 Å². The van der Waals surface area contributed by atoms with Crippen molar-refractivity contribution in [1.29, 1.82) is 0 Å². The maximum Gasteiger partial charge on any atom is 0.0799 e. The van der Waals surface area contributed by atoms with E-state index < -0.39 is 11.2 Å². The van der Waals surface area contributed by atoms with Gasteiger partial charge < -0.3 is 10.2 Å². The Morgan fingerprint density at radius 1 is 1.41 bits per heavy atom. The van der Waals surface area contributed by atoms with Crippen LogP contribution in [0.5, 0.6) is 0 Å². The molecule has 17 heavy (non-hydrogen) atoms. The second-order valence-corrected chi connectivity index (χ2v) is 6.12. The molecule has 0 heterocycles. The quantitative estimate of drug-likeness (QED) is 0.689. The minimum absolute atomic E-state index is 0.0574. The van der Waals surface area contributed by atoms with Gasteiger partial charge in [-0.3, -0.25) is 0 Å². The smallest absolute Gasteiger partial charge is 0.0799 e. The average molecular weight is 238 g/mol. The van der Waals surface area contributed by atoms with E-state index in [4.69, 9.17) is 0 Å². The summed E-state index contributed by atoms with van der Waals surface area (Å²) in [5, 5.41) is 20.3. The number of rotatable bonds is 1. The SMILES string of the molecule is C/C1=C\C[C@H](C(C)(C)O)/C=C/[C@@](C)(O)CCC1. The molecule has 2 heteroatoms. The average Bonchev–Trinajstić information content (AvgIpc) is 2.14.